The summed E-state index contributed by atoms with van der Waals surface area (Å²) in [6, 6.07) is 7.49. The minimum Gasteiger partial charge on any atom is -0.351 e. The van der Waals surface area contributed by atoms with Crippen molar-refractivity contribution in [3.8, 4) is 0 Å². The first-order valence-electron chi connectivity index (χ1n) is 6.63. The number of nitrogens with one attached hydrogen (secondary N) is 2. The van der Waals surface area contributed by atoms with Crippen molar-refractivity contribution >= 4 is 40.4 Å². The summed E-state index contributed by atoms with van der Waals surface area (Å²) in [4.78, 5) is 24.0. The summed E-state index contributed by atoms with van der Waals surface area (Å²) in [7, 11) is 0. The maximum atomic E-state index is 13.5. The maximum absolute atomic E-state index is 13.5. The fraction of sp³-hybridized carbons (Fsp3) is 0.200. The molecule has 7 heteroatoms. The van der Waals surface area contributed by atoms with Crippen LogP contribution in [0.4, 0.5) is 10.1 Å². The highest BCUT2D eigenvalue weighted by atomic mass is 35.5. The van der Waals surface area contributed by atoms with Crippen molar-refractivity contribution in [2.24, 2.45) is 0 Å². The summed E-state index contributed by atoms with van der Waals surface area (Å²) in [5, 5.41) is 7.35. The van der Waals surface area contributed by atoms with E-state index in [-0.39, 0.29) is 23.9 Å². The number of hydrogen-bond acceptors (Lipinski definition) is 3. The lowest BCUT2D eigenvalue weighted by Crippen LogP contribution is -2.24. The predicted molar refractivity (Wildman–Crippen MR) is 85.9 cm³/mol. The van der Waals surface area contributed by atoms with Gasteiger partial charge < -0.3 is 10.6 Å². The maximum Gasteiger partial charge on any atom is 0.261 e. The van der Waals surface area contributed by atoms with E-state index in [2.05, 4.69) is 10.6 Å². The van der Waals surface area contributed by atoms with Crippen molar-refractivity contribution < 1.29 is 14.0 Å². The lowest BCUT2D eigenvalue weighted by atomic mass is 10.2. The highest BCUT2D eigenvalue weighted by Gasteiger charge is 2.09. The molecule has 0 atom stereocenters. The van der Waals surface area contributed by atoms with E-state index >= 15 is 0 Å². The molecular formula is C15H14ClFN2O2S. The molecule has 0 unspecified atom stereocenters. The molecule has 1 heterocycles. The molecule has 1 aromatic heterocycles. The third-order valence-corrected chi connectivity index (χ3v) is 3.92. The Morgan fingerprint density at radius 2 is 2.09 bits per heavy atom. The zero-order valence-electron chi connectivity index (χ0n) is 11.6. The average molecular weight is 341 g/mol. The molecule has 0 saturated carbocycles. The van der Waals surface area contributed by atoms with Crippen LogP contribution in [0.2, 0.25) is 5.02 Å². The van der Waals surface area contributed by atoms with Crippen LogP contribution >= 0.6 is 22.9 Å². The Kier molecular flexibility index (Phi) is 5.91. The third-order valence-electron chi connectivity index (χ3n) is 2.81. The number of carbonyl (C=O) groups excluding carboxylic acids is 2. The van der Waals surface area contributed by atoms with Crippen LogP contribution in [0.15, 0.2) is 35.7 Å². The minimum absolute atomic E-state index is 0.0557. The van der Waals surface area contributed by atoms with E-state index in [1.807, 2.05) is 5.38 Å². The van der Waals surface area contributed by atoms with Gasteiger partial charge in [0.2, 0.25) is 5.91 Å². The summed E-state index contributed by atoms with van der Waals surface area (Å²) in [5.41, 5.74) is 0.0557. The van der Waals surface area contributed by atoms with Crippen LogP contribution < -0.4 is 10.6 Å². The molecular weight excluding hydrogens is 327 g/mol. The quantitative estimate of drug-likeness (QED) is 0.788. The molecule has 2 aromatic rings. The van der Waals surface area contributed by atoms with Crippen LogP contribution in [0.25, 0.3) is 0 Å². The van der Waals surface area contributed by atoms with E-state index in [4.69, 9.17) is 11.6 Å². The van der Waals surface area contributed by atoms with Gasteiger partial charge in [-0.1, -0.05) is 17.7 Å². The minimum atomic E-state index is -0.538. The number of hydrogen-bond donors (Lipinski definition) is 2. The molecule has 22 heavy (non-hydrogen) atoms. The molecule has 2 N–H and O–H groups in total. The molecule has 0 aliphatic heterocycles. The van der Waals surface area contributed by atoms with Gasteiger partial charge in [-0.2, -0.15) is 0 Å². The van der Waals surface area contributed by atoms with Crippen LogP contribution in [-0.2, 0) is 4.79 Å². The molecule has 116 valence electrons. The summed E-state index contributed by atoms with van der Waals surface area (Å²) in [6.45, 7) is 0.377. The predicted octanol–water partition coefficient (Wildman–Crippen LogP) is 3.69. The first kappa shape index (κ1) is 16.5. The van der Waals surface area contributed by atoms with Gasteiger partial charge >= 0.3 is 0 Å². The van der Waals surface area contributed by atoms with Crippen molar-refractivity contribution in [1.29, 1.82) is 0 Å². The molecule has 2 amide bonds. The monoisotopic (exact) mass is 340 g/mol. The van der Waals surface area contributed by atoms with Gasteiger partial charge in [0.15, 0.2) is 0 Å². The molecule has 2 rings (SSSR count). The number of thiophene rings is 1. The van der Waals surface area contributed by atoms with Gasteiger partial charge in [-0.3, -0.25) is 9.59 Å². The number of rotatable bonds is 6. The number of anilines is 1. The number of halogens is 2. The summed E-state index contributed by atoms with van der Waals surface area (Å²) in [6.07, 6.45) is 0.641. The summed E-state index contributed by atoms with van der Waals surface area (Å²) < 4.78 is 13.5. The van der Waals surface area contributed by atoms with Crippen LogP contribution in [0.5, 0.6) is 0 Å². The zero-order chi connectivity index (χ0) is 15.9. The van der Waals surface area contributed by atoms with Gasteiger partial charge in [0.1, 0.15) is 5.82 Å². The van der Waals surface area contributed by atoms with Crippen LogP contribution in [-0.4, -0.2) is 18.4 Å². The standard InChI is InChI=1S/C15H14ClFN2O2S/c16-10-5-6-11(17)12(9-10)19-14(20)4-1-7-18-15(21)13-3-2-8-22-13/h2-3,5-6,8-9H,1,4,7H2,(H,18,21)(H,19,20). The topological polar surface area (TPSA) is 58.2 Å². The van der Waals surface area contributed by atoms with Gasteiger partial charge in [0, 0.05) is 18.0 Å². The Bertz CT molecular complexity index is 662. The summed E-state index contributed by atoms with van der Waals surface area (Å²) >= 11 is 7.10. The molecule has 0 bridgehead atoms. The lowest BCUT2D eigenvalue weighted by molar-refractivity contribution is -0.116. The molecule has 0 fully saturated rings. The van der Waals surface area contributed by atoms with E-state index in [1.54, 1.807) is 12.1 Å². The van der Waals surface area contributed by atoms with E-state index in [0.29, 0.717) is 22.9 Å². The van der Waals surface area contributed by atoms with Crippen LogP contribution in [0.1, 0.15) is 22.5 Å². The third kappa shape index (κ3) is 4.82. The molecule has 4 nitrogen and oxygen atoms in total. The first-order chi connectivity index (χ1) is 10.6. The zero-order valence-corrected chi connectivity index (χ0v) is 13.1. The van der Waals surface area contributed by atoms with Crippen molar-refractivity contribution in [2.75, 3.05) is 11.9 Å². The van der Waals surface area contributed by atoms with Gasteiger partial charge in [0.25, 0.3) is 5.91 Å². The lowest BCUT2D eigenvalue weighted by Gasteiger charge is -2.07. The number of amides is 2. The fourth-order valence-electron chi connectivity index (χ4n) is 1.75. The molecule has 0 radical (unpaired) electrons. The van der Waals surface area contributed by atoms with Gasteiger partial charge in [-0.05, 0) is 36.1 Å². The number of carbonyl (C=O) groups is 2. The first-order valence-corrected chi connectivity index (χ1v) is 7.88. The molecule has 1 aromatic carbocycles. The van der Waals surface area contributed by atoms with Gasteiger partial charge in [0.05, 0.1) is 10.6 Å². The van der Waals surface area contributed by atoms with E-state index < -0.39 is 5.82 Å². The Morgan fingerprint density at radius 3 is 2.82 bits per heavy atom. The average Bonchev–Trinajstić information content (AvgIpc) is 3.01. The van der Waals surface area contributed by atoms with Crippen molar-refractivity contribution in [1.82, 2.24) is 5.32 Å². The van der Waals surface area contributed by atoms with Crippen molar-refractivity contribution in [3.63, 3.8) is 0 Å². The van der Waals surface area contributed by atoms with Crippen molar-refractivity contribution in [3.05, 3.63) is 51.4 Å². The largest absolute Gasteiger partial charge is 0.351 e. The highest BCUT2D eigenvalue weighted by Crippen LogP contribution is 2.19. The molecule has 0 saturated heterocycles. The second-order valence-electron chi connectivity index (χ2n) is 4.51. The Labute approximate surface area is 136 Å². The Balaban J connectivity index is 1.72. The van der Waals surface area contributed by atoms with Crippen molar-refractivity contribution in [2.45, 2.75) is 12.8 Å². The smallest absolute Gasteiger partial charge is 0.261 e. The normalized spacial score (nSPS) is 10.3. The van der Waals surface area contributed by atoms with Crippen LogP contribution in [0.3, 0.4) is 0 Å². The van der Waals surface area contributed by atoms with Gasteiger partial charge in [-0.25, -0.2) is 4.39 Å². The molecule has 0 spiro atoms. The Hall–Kier alpha value is -1.92. The van der Waals surface area contributed by atoms with E-state index in [9.17, 15) is 14.0 Å². The number of benzene rings is 1. The SMILES string of the molecule is O=C(CCCNC(=O)c1cccs1)Nc1cc(Cl)ccc1F. The highest BCUT2D eigenvalue weighted by molar-refractivity contribution is 7.12. The van der Waals surface area contributed by atoms with E-state index in [1.165, 1.54) is 29.5 Å². The van der Waals surface area contributed by atoms with Crippen LogP contribution in [0, 0.1) is 5.82 Å². The molecule has 0 aliphatic carbocycles. The fourth-order valence-corrected chi connectivity index (χ4v) is 2.56. The summed E-state index contributed by atoms with van der Waals surface area (Å²) in [5.74, 6) is -1.02. The second kappa shape index (κ2) is 7.91. The Morgan fingerprint density at radius 1 is 1.27 bits per heavy atom. The molecule has 0 aliphatic rings. The van der Waals surface area contributed by atoms with Gasteiger partial charge in [-0.15, -0.1) is 11.3 Å². The second-order valence-corrected chi connectivity index (χ2v) is 5.89. The van der Waals surface area contributed by atoms with E-state index in [0.717, 1.165) is 0 Å².